The van der Waals surface area contributed by atoms with Crippen LogP contribution in [0.3, 0.4) is 0 Å². The van der Waals surface area contributed by atoms with Crippen LogP contribution in [0.1, 0.15) is 18.4 Å². The lowest BCUT2D eigenvalue weighted by molar-refractivity contribution is -0.123. The lowest BCUT2D eigenvalue weighted by Crippen LogP contribution is -2.25. The molecule has 0 bridgehead atoms. The normalized spacial score (nSPS) is 11.3. The van der Waals surface area contributed by atoms with Gasteiger partial charge in [-0.2, -0.15) is 5.10 Å². The van der Waals surface area contributed by atoms with Gasteiger partial charge in [0.15, 0.2) is 6.61 Å². The molecule has 0 atom stereocenters. The van der Waals surface area contributed by atoms with Crippen LogP contribution >= 0.6 is 11.6 Å². The lowest BCUT2D eigenvalue weighted by Gasteiger charge is -2.05. The maximum Gasteiger partial charge on any atom is 0.277 e. The van der Waals surface area contributed by atoms with Crippen LogP contribution in [0.5, 0.6) is 5.75 Å². The molecule has 0 aliphatic heterocycles. The fourth-order valence-corrected chi connectivity index (χ4v) is 1.67. The van der Waals surface area contributed by atoms with Crippen LogP contribution in [0.4, 0.5) is 0 Å². The minimum atomic E-state index is -0.354. The van der Waals surface area contributed by atoms with Gasteiger partial charge in [0.25, 0.3) is 5.91 Å². The molecular weight excluding hydrogens is 292 g/mol. The number of hydrazone groups is 1. The Morgan fingerprint density at radius 2 is 2.00 bits per heavy atom. The maximum absolute atomic E-state index is 11.6. The Balaban J connectivity index is 1.83. The molecule has 110 valence electrons. The van der Waals surface area contributed by atoms with E-state index in [-0.39, 0.29) is 12.5 Å². The number of hydrogen-bond acceptors (Lipinski definition) is 4. The van der Waals surface area contributed by atoms with Gasteiger partial charge in [0.1, 0.15) is 23.0 Å². The first-order chi connectivity index (χ1) is 10.0. The van der Waals surface area contributed by atoms with Gasteiger partial charge in [-0.25, -0.2) is 5.43 Å². The molecule has 21 heavy (non-hydrogen) atoms. The van der Waals surface area contributed by atoms with E-state index in [1.54, 1.807) is 37.3 Å². The first-order valence-corrected chi connectivity index (χ1v) is 6.70. The van der Waals surface area contributed by atoms with Gasteiger partial charge < -0.3 is 9.15 Å². The second-order valence-electron chi connectivity index (χ2n) is 4.39. The lowest BCUT2D eigenvalue weighted by atomic mass is 10.3. The Hall–Kier alpha value is -2.27. The number of nitrogens with zero attached hydrogens (tertiary/aromatic N) is 1. The van der Waals surface area contributed by atoms with Gasteiger partial charge >= 0.3 is 0 Å². The summed E-state index contributed by atoms with van der Waals surface area (Å²) in [5, 5.41) is 4.57. The van der Waals surface area contributed by atoms with Crippen molar-refractivity contribution in [3.05, 3.63) is 52.9 Å². The molecule has 1 aromatic carbocycles. The molecule has 6 heteroatoms. The highest BCUT2D eigenvalue weighted by Crippen LogP contribution is 2.15. The molecule has 1 heterocycles. The molecule has 1 amide bonds. The maximum atomic E-state index is 11.6. The third-order valence-corrected chi connectivity index (χ3v) is 2.88. The van der Waals surface area contributed by atoms with Crippen molar-refractivity contribution < 1.29 is 13.9 Å². The van der Waals surface area contributed by atoms with Crippen molar-refractivity contribution in [3.63, 3.8) is 0 Å². The van der Waals surface area contributed by atoms with Gasteiger partial charge in [-0.1, -0.05) is 11.6 Å². The second kappa shape index (κ2) is 6.95. The molecule has 0 spiro atoms. The standard InChI is InChI=1S/C15H15ClN2O3/c1-10-3-8-14(21-10)11(2)17-18-15(19)9-20-13-6-4-12(16)5-7-13/h3-8H,9H2,1-2H3,(H,18,19)/b17-11+. The predicted molar refractivity (Wildman–Crippen MR) is 80.7 cm³/mol. The van der Waals surface area contributed by atoms with Crippen LogP contribution in [-0.2, 0) is 4.79 Å². The van der Waals surface area contributed by atoms with Crippen LogP contribution in [0.15, 0.2) is 45.9 Å². The van der Waals surface area contributed by atoms with Gasteiger partial charge in [-0.05, 0) is 50.2 Å². The number of aryl methyl sites for hydroxylation is 1. The Morgan fingerprint density at radius 3 is 2.62 bits per heavy atom. The third kappa shape index (κ3) is 4.65. The molecule has 1 N–H and O–H groups in total. The molecule has 0 radical (unpaired) electrons. The summed E-state index contributed by atoms with van der Waals surface area (Å²) in [6.45, 7) is 3.46. The highest BCUT2D eigenvalue weighted by Gasteiger charge is 2.05. The summed E-state index contributed by atoms with van der Waals surface area (Å²) >= 11 is 5.76. The number of amides is 1. The van der Waals surface area contributed by atoms with Crippen molar-refractivity contribution in [3.8, 4) is 5.75 Å². The molecule has 2 rings (SSSR count). The van der Waals surface area contributed by atoms with E-state index in [2.05, 4.69) is 10.5 Å². The molecule has 0 aliphatic rings. The van der Waals surface area contributed by atoms with Crippen LogP contribution in [0, 0.1) is 6.92 Å². The average Bonchev–Trinajstić information content (AvgIpc) is 2.91. The summed E-state index contributed by atoms with van der Waals surface area (Å²) in [6.07, 6.45) is 0. The minimum absolute atomic E-state index is 0.129. The number of ether oxygens (including phenoxy) is 1. The summed E-state index contributed by atoms with van der Waals surface area (Å²) in [7, 11) is 0. The molecule has 0 saturated heterocycles. The first-order valence-electron chi connectivity index (χ1n) is 6.33. The number of halogens is 1. The zero-order valence-electron chi connectivity index (χ0n) is 11.7. The molecule has 5 nitrogen and oxygen atoms in total. The van der Waals surface area contributed by atoms with Crippen LogP contribution in [0.2, 0.25) is 5.02 Å². The van der Waals surface area contributed by atoms with Gasteiger partial charge in [-0.15, -0.1) is 0 Å². The number of nitrogens with one attached hydrogen (secondary N) is 1. The van der Waals surface area contributed by atoms with Crippen molar-refractivity contribution in [2.24, 2.45) is 5.10 Å². The van der Waals surface area contributed by atoms with Gasteiger partial charge in [0.2, 0.25) is 0 Å². The van der Waals surface area contributed by atoms with Crippen LogP contribution in [-0.4, -0.2) is 18.2 Å². The minimum Gasteiger partial charge on any atom is -0.484 e. The average molecular weight is 307 g/mol. The molecule has 0 saturated carbocycles. The summed E-state index contributed by atoms with van der Waals surface area (Å²) in [6, 6.07) is 10.4. The number of carbonyl (C=O) groups is 1. The van der Waals surface area contributed by atoms with Crippen LogP contribution < -0.4 is 10.2 Å². The van der Waals surface area contributed by atoms with Gasteiger partial charge in [0.05, 0.1) is 0 Å². The van der Waals surface area contributed by atoms with E-state index < -0.39 is 0 Å². The van der Waals surface area contributed by atoms with Crippen LogP contribution in [0.25, 0.3) is 0 Å². The molecule has 1 aromatic heterocycles. The monoisotopic (exact) mass is 306 g/mol. The fraction of sp³-hybridized carbons (Fsp3) is 0.200. The zero-order valence-corrected chi connectivity index (χ0v) is 12.5. The molecule has 0 aliphatic carbocycles. The van der Waals surface area contributed by atoms with Crippen molar-refractivity contribution >= 4 is 23.2 Å². The van der Waals surface area contributed by atoms with E-state index in [1.807, 2.05) is 13.0 Å². The SMILES string of the molecule is C/C(=N\NC(=O)COc1ccc(Cl)cc1)c1ccc(C)o1. The summed E-state index contributed by atoms with van der Waals surface area (Å²) in [5.41, 5.74) is 3.00. The number of carbonyl (C=O) groups excluding carboxylic acids is 1. The van der Waals surface area contributed by atoms with Crippen molar-refractivity contribution in [2.75, 3.05) is 6.61 Å². The number of benzene rings is 1. The number of furan rings is 1. The van der Waals surface area contributed by atoms with E-state index in [4.69, 9.17) is 20.8 Å². The Kier molecular flexibility index (Phi) is 5.00. The van der Waals surface area contributed by atoms with Crippen molar-refractivity contribution in [2.45, 2.75) is 13.8 Å². The Morgan fingerprint density at radius 1 is 1.29 bits per heavy atom. The predicted octanol–water partition coefficient (Wildman–Crippen LogP) is 3.16. The third-order valence-electron chi connectivity index (χ3n) is 2.63. The topological polar surface area (TPSA) is 63.8 Å². The molecule has 0 fully saturated rings. The summed E-state index contributed by atoms with van der Waals surface area (Å²) in [4.78, 5) is 11.6. The van der Waals surface area contributed by atoms with E-state index in [0.717, 1.165) is 5.76 Å². The smallest absolute Gasteiger partial charge is 0.277 e. The molecular formula is C15H15ClN2O3. The Bertz CT molecular complexity index is 647. The van der Waals surface area contributed by atoms with E-state index in [0.29, 0.717) is 22.2 Å². The summed E-state index contributed by atoms with van der Waals surface area (Å²) < 4.78 is 10.7. The highest BCUT2D eigenvalue weighted by atomic mass is 35.5. The Labute approximate surface area is 127 Å². The highest BCUT2D eigenvalue weighted by molar-refractivity contribution is 6.30. The quantitative estimate of drug-likeness (QED) is 0.681. The van der Waals surface area contributed by atoms with Crippen molar-refractivity contribution in [1.29, 1.82) is 0 Å². The van der Waals surface area contributed by atoms with E-state index in [9.17, 15) is 4.79 Å². The molecule has 2 aromatic rings. The van der Waals surface area contributed by atoms with Gasteiger partial charge in [-0.3, -0.25) is 4.79 Å². The second-order valence-corrected chi connectivity index (χ2v) is 4.82. The largest absolute Gasteiger partial charge is 0.484 e. The number of rotatable bonds is 5. The van der Waals surface area contributed by atoms with E-state index in [1.165, 1.54) is 0 Å². The van der Waals surface area contributed by atoms with E-state index >= 15 is 0 Å². The molecule has 0 unspecified atom stereocenters. The summed E-state index contributed by atoms with van der Waals surface area (Å²) in [5.74, 6) is 1.62. The van der Waals surface area contributed by atoms with Crippen molar-refractivity contribution in [1.82, 2.24) is 5.43 Å². The zero-order chi connectivity index (χ0) is 15.2. The number of hydrogen-bond donors (Lipinski definition) is 1. The van der Waals surface area contributed by atoms with Gasteiger partial charge in [0, 0.05) is 5.02 Å². The fourth-order valence-electron chi connectivity index (χ4n) is 1.54. The first kappa shape index (κ1) is 15.1.